The zero-order chi connectivity index (χ0) is 12.3. The molecule has 1 aliphatic rings. The van der Waals surface area contributed by atoms with E-state index >= 15 is 0 Å². The lowest BCUT2D eigenvalue weighted by Gasteiger charge is -2.26. The molecular weight excluding hydrogens is 280 g/mol. The zero-order valence-electron chi connectivity index (χ0n) is 10.4. The van der Waals surface area contributed by atoms with Crippen molar-refractivity contribution < 1.29 is 4.74 Å². The molecule has 1 saturated heterocycles. The van der Waals surface area contributed by atoms with Gasteiger partial charge in [0.05, 0.1) is 10.6 Å². The lowest BCUT2D eigenvalue weighted by atomic mass is 10.2. The van der Waals surface area contributed by atoms with Gasteiger partial charge in [0.15, 0.2) is 0 Å². The number of aryl methyl sites for hydroxylation is 1. The minimum Gasteiger partial charge on any atom is -0.376 e. The fourth-order valence-electron chi connectivity index (χ4n) is 2.16. The second-order valence-electron chi connectivity index (χ2n) is 4.49. The normalized spacial score (nSPS) is 19.6. The van der Waals surface area contributed by atoms with Crippen LogP contribution in [0.1, 0.15) is 25.3 Å². The van der Waals surface area contributed by atoms with Gasteiger partial charge in [-0.1, -0.05) is 0 Å². The van der Waals surface area contributed by atoms with Crippen LogP contribution < -0.4 is 4.90 Å². The van der Waals surface area contributed by atoms with Crippen LogP contribution in [0.5, 0.6) is 0 Å². The van der Waals surface area contributed by atoms with Crippen molar-refractivity contribution in [3.8, 4) is 0 Å². The largest absolute Gasteiger partial charge is 0.376 e. The number of anilines is 1. The molecule has 0 radical (unpaired) electrons. The van der Waals surface area contributed by atoms with Gasteiger partial charge in [0.25, 0.3) is 0 Å². The monoisotopic (exact) mass is 298 g/mol. The molecule has 17 heavy (non-hydrogen) atoms. The van der Waals surface area contributed by atoms with E-state index in [2.05, 4.69) is 45.7 Å². The second-order valence-corrected chi connectivity index (χ2v) is 5.35. The van der Waals surface area contributed by atoms with E-state index < -0.39 is 0 Å². The first kappa shape index (κ1) is 12.8. The molecule has 0 N–H and O–H groups in total. The summed E-state index contributed by atoms with van der Waals surface area (Å²) in [7, 11) is 0. The quantitative estimate of drug-likeness (QED) is 0.854. The number of hydrogen-bond donors (Lipinski definition) is 0. The minimum absolute atomic E-state index is 0.366. The molecule has 0 amide bonds. The number of halogens is 1. The molecule has 0 bridgehead atoms. The van der Waals surface area contributed by atoms with Crippen molar-refractivity contribution in [3.05, 3.63) is 22.3 Å². The summed E-state index contributed by atoms with van der Waals surface area (Å²) < 4.78 is 6.75. The maximum Gasteiger partial charge on any atom is 0.142 e. The van der Waals surface area contributed by atoms with Crippen LogP contribution in [0.2, 0.25) is 0 Å². The highest BCUT2D eigenvalue weighted by atomic mass is 79.9. The van der Waals surface area contributed by atoms with Crippen molar-refractivity contribution in [1.82, 2.24) is 4.98 Å². The average Bonchev–Trinajstić information content (AvgIpc) is 2.79. The highest BCUT2D eigenvalue weighted by Gasteiger charge is 2.20. The molecule has 1 aliphatic heterocycles. The summed E-state index contributed by atoms with van der Waals surface area (Å²) in [4.78, 5) is 6.79. The van der Waals surface area contributed by atoms with E-state index in [0.29, 0.717) is 6.10 Å². The van der Waals surface area contributed by atoms with Crippen LogP contribution in [0.3, 0.4) is 0 Å². The molecule has 2 rings (SSSR count). The zero-order valence-corrected chi connectivity index (χ0v) is 12.0. The van der Waals surface area contributed by atoms with Crippen molar-refractivity contribution in [2.24, 2.45) is 0 Å². The van der Waals surface area contributed by atoms with Crippen LogP contribution in [0.25, 0.3) is 0 Å². The Hall–Kier alpha value is -0.610. The Kier molecular flexibility index (Phi) is 4.40. The molecule has 1 atom stereocenters. The number of rotatable bonds is 4. The van der Waals surface area contributed by atoms with Crippen LogP contribution in [0.4, 0.5) is 5.82 Å². The van der Waals surface area contributed by atoms with Gasteiger partial charge in [0, 0.05) is 25.9 Å². The molecule has 1 fully saturated rings. The van der Waals surface area contributed by atoms with Gasteiger partial charge in [-0.15, -0.1) is 0 Å². The maximum absolute atomic E-state index is 5.69. The minimum atomic E-state index is 0.366. The van der Waals surface area contributed by atoms with E-state index in [9.17, 15) is 0 Å². The molecule has 0 aromatic carbocycles. The van der Waals surface area contributed by atoms with Crippen LogP contribution >= 0.6 is 15.9 Å². The van der Waals surface area contributed by atoms with E-state index in [-0.39, 0.29) is 0 Å². The molecule has 2 heterocycles. The molecule has 0 saturated carbocycles. The van der Waals surface area contributed by atoms with E-state index in [1.807, 2.05) is 6.20 Å². The van der Waals surface area contributed by atoms with Crippen molar-refractivity contribution >= 4 is 21.7 Å². The predicted molar refractivity (Wildman–Crippen MR) is 73.5 cm³/mol. The van der Waals surface area contributed by atoms with Crippen molar-refractivity contribution in [3.63, 3.8) is 0 Å². The van der Waals surface area contributed by atoms with Crippen LogP contribution in [0.15, 0.2) is 16.7 Å². The smallest absolute Gasteiger partial charge is 0.142 e. The van der Waals surface area contributed by atoms with Crippen LogP contribution in [-0.2, 0) is 4.74 Å². The third kappa shape index (κ3) is 3.19. The number of hydrogen-bond acceptors (Lipinski definition) is 3. The Balaban J connectivity index is 2.10. The Morgan fingerprint density at radius 1 is 1.59 bits per heavy atom. The van der Waals surface area contributed by atoms with E-state index in [1.165, 1.54) is 18.4 Å². The Labute approximate surface area is 111 Å². The van der Waals surface area contributed by atoms with Gasteiger partial charge < -0.3 is 9.64 Å². The van der Waals surface area contributed by atoms with Crippen LogP contribution in [-0.4, -0.2) is 30.8 Å². The van der Waals surface area contributed by atoms with Gasteiger partial charge in [0.1, 0.15) is 5.82 Å². The fraction of sp³-hybridized carbons (Fsp3) is 0.615. The first-order valence-electron chi connectivity index (χ1n) is 6.19. The standard InChI is InChI=1S/C13H19BrN2O/c1-3-16(9-11-5-4-6-17-11)13-12(14)7-10(2)8-15-13/h7-8,11H,3-6,9H2,1-2H3. The number of aromatic nitrogens is 1. The summed E-state index contributed by atoms with van der Waals surface area (Å²) >= 11 is 3.59. The highest BCUT2D eigenvalue weighted by molar-refractivity contribution is 9.10. The van der Waals surface area contributed by atoms with Gasteiger partial charge in [-0.3, -0.25) is 0 Å². The molecular formula is C13H19BrN2O. The molecule has 0 spiro atoms. The molecule has 0 aliphatic carbocycles. The van der Waals surface area contributed by atoms with Gasteiger partial charge in [-0.05, 0) is 54.2 Å². The molecule has 1 aromatic heterocycles. The third-order valence-electron chi connectivity index (χ3n) is 3.09. The molecule has 94 valence electrons. The SMILES string of the molecule is CCN(CC1CCCO1)c1ncc(C)cc1Br. The second kappa shape index (κ2) is 5.83. The summed E-state index contributed by atoms with van der Waals surface area (Å²) in [5.41, 5.74) is 1.17. The number of ether oxygens (including phenoxy) is 1. The van der Waals surface area contributed by atoms with Gasteiger partial charge in [-0.2, -0.15) is 0 Å². The summed E-state index contributed by atoms with van der Waals surface area (Å²) in [6.45, 7) is 7.01. The first-order chi connectivity index (χ1) is 8.20. The van der Waals surface area contributed by atoms with Crippen molar-refractivity contribution in [1.29, 1.82) is 0 Å². The van der Waals surface area contributed by atoms with Gasteiger partial charge in [0.2, 0.25) is 0 Å². The summed E-state index contributed by atoms with van der Waals surface area (Å²) in [5, 5.41) is 0. The van der Waals surface area contributed by atoms with Crippen LogP contribution in [0, 0.1) is 6.92 Å². The lowest BCUT2D eigenvalue weighted by Crippen LogP contribution is -2.32. The topological polar surface area (TPSA) is 25.4 Å². The number of pyridine rings is 1. The maximum atomic E-state index is 5.69. The van der Waals surface area contributed by atoms with E-state index in [0.717, 1.165) is 30.0 Å². The molecule has 4 heteroatoms. The summed E-state index contributed by atoms with van der Waals surface area (Å²) in [6, 6.07) is 2.11. The van der Waals surface area contributed by atoms with E-state index in [1.54, 1.807) is 0 Å². The van der Waals surface area contributed by atoms with Crippen molar-refractivity contribution in [2.75, 3.05) is 24.6 Å². The number of nitrogens with zero attached hydrogens (tertiary/aromatic N) is 2. The average molecular weight is 299 g/mol. The Morgan fingerprint density at radius 3 is 3.00 bits per heavy atom. The molecule has 1 unspecified atom stereocenters. The first-order valence-corrected chi connectivity index (χ1v) is 6.98. The third-order valence-corrected chi connectivity index (χ3v) is 3.67. The highest BCUT2D eigenvalue weighted by Crippen LogP contribution is 2.25. The fourth-order valence-corrected chi connectivity index (χ4v) is 2.87. The van der Waals surface area contributed by atoms with Gasteiger partial charge in [-0.25, -0.2) is 4.98 Å². The summed E-state index contributed by atoms with van der Waals surface area (Å²) in [6.07, 6.45) is 4.63. The van der Waals surface area contributed by atoms with E-state index in [4.69, 9.17) is 4.74 Å². The molecule has 3 nitrogen and oxygen atoms in total. The lowest BCUT2D eigenvalue weighted by molar-refractivity contribution is 0.115. The van der Waals surface area contributed by atoms with Gasteiger partial charge >= 0.3 is 0 Å². The Morgan fingerprint density at radius 2 is 2.41 bits per heavy atom. The summed E-state index contributed by atoms with van der Waals surface area (Å²) in [5.74, 6) is 1.02. The Bertz CT molecular complexity index is 378. The van der Waals surface area contributed by atoms with Crippen molar-refractivity contribution in [2.45, 2.75) is 32.8 Å². The number of likely N-dealkylation sites (N-methyl/N-ethyl adjacent to an activating group) is 1. The molecule has 1 aromatic rings. The predicted octanol–water partition coefficient (Wildman–Crippen LogP) is 3.16.